The minimum atomic E-state index is -1.02. The van der Waals surface area contributed by atoms with Crippen molar-refractivity contribution in [2.24, 2.45) is 0 Å². The van der Waals surface area contributed by atoms with E-state index in [0.717, 1.165) is 19.8 Å². The first kappa shape index (κ1) is 12.4. The molecule has 0 fully saturated rings. The third-order valence-electron chi connectivity index (χ3n) is 8.71. The molecule has 0 aliphatic rings. The van der Waals surface area contributed by atoms with Gasteiger partial charge in [-0.2, -0.15) is 0 Å². The van der Waals surface area contributed by atoms with Crippen molar-refractivity contribution >= 4 is 65.4 Å². The quantitative estimate of drug-likeness (QED) is 0.174. The largest absolute Gasteiger partial charge is 0.309 e. The molecule has 3 heterocycles. The van der Waals surface area contributed by atoms with Crippen molar-refractivity contribution in [3.63, 3.8) is 0 Å². The van der Waals surface area contributed by atoms with E-state index in [9.17, 15) is 17.8 Å². The molecule has 0 atom stereocenters. The van der Waals surface area contributed by atoms with Crippen LogP contribution in [0, 0.1) is 6.92 Å². The van der Waals surface area contributed by atoms with E-state index in [4.69, 9.17) is 21.9 Å². The molecule has 0 aliphatic carbocycles. The van der Waals surface area contributed by atoms with Gasteiger partial charge in [-0.15, -0.1) is 0 Å². The highest BCUT2D eigenvalue weighted by molar-refractivity contribution is 6.29. The molecule has 0 radical (unpaired) electrons. The summed E-state index contributed by atoms with van der Waals surface area (Å²) >= 11 is 0. The molecule has 8 aromatic carbocycles. The van der Waals surface area contributed by atoms with Crippen LogP contribution < -0.4 is 0 Å². The molecule has 3 heteroatoms. The Bertz CT molecular complexity index is 4790. The van der Waals surface area contributed by atoms with Crippen molar-refractivity contribution in [2.75, 3.05) is 0 Å². The number of hydrogen-bond acceptors (Lipinski definition) is 0. The highest BCUT2D eigenvalue weighted by atomic mass is 15.0. The first-order chi connectivity index (χ1) is 37.8. The zero-order valence-corrected chi connectivity index (χ0v) is 26.4. The van der Waals surface area contributed by atoms with Crippen LogP contribution in [-0.4, -0.2) is 13.7 Å². The Labute approximate surface area is 341 Å². The molecule has 244 valence electrons. The van der Waals surface area contributed by atoms with E-state index in [0.29, 0.717) is 0 Å². The minimum absolute atomic E-state index is 0.131. The summed E-state index contributed by atoms with van der Waals surface area (Å²) in [5, 5.41) is -3.08. The summed E-state index contributed by atoms with van der Waals surface area (Å²) in [4.78, 5) is 0. The zero-order valence-electron chi connectivity index (χ0n) is 55.4. The van der Waals surface area contributed by atoms with E-state index >= 15 is 0 Å². The lowest BCUT2D eigenvalue weighted by Crippen LogP contribution is -1.96. The number of hydrogen-bond donors (Lipinski definition) is 0. The molecule has 52 heavy (non-hydrogen) atoms. The fourth-order valence-corrected chi connectivity index (χ4v) is 6.63. The summed E-state index contributed by atoms with van der Waals surface area (Å²) in [7, 11) is 0. The molecule has 11 rings (SSSR count). The highest BCUT2D eigenvalue weighted by Gasteiger charge is 2.21. The van der Waals surface area contributed by atoms with Crippen LogP contribution in [0.5, 0.6) is 0 Å². The lowest BCUT2D eigenvalue weighted by molar-refractivity contribution is 1.16. The second-order valence-corrected chi connectivity index (χ2v) is 11.6. The molecule has 0 saturated heterocycles. The van der Waals surface area contributed by atoms with Gasteiger partial charge >= 0.3 is 0 Å². The van der Waals surface area contributed by atoms with Crippen LogP contribution in [-0.2, 0) is 0 Å². The summed E-state index contributed by atoms with van der Waals surface area (Å²) in [5.41, 5.74) is -7.33. The van der Waals surface area contributed by atoms with Gasteiger partial charge in [0, 0.05) is 49.4 Å². The van der Waals surface area contributed by atoms with Crippen LogP contribution in [0.25, 0.3) is 93.6 Å². The van der Waals surface area contributed by atoms with E-state index in [2.05, 4.69) is 0 Å². The Balaban J connectivity index is 1.40. The second kappa shape index (κ2) is 11.1. The summed E-state index contributed by atoms with van der Waals surface area (Å²) in [6, 6.07) is -23.9. The standard InChI is InChI=1S/C49H33N3/c1-32-12-11-13-34(30-32)33-22-24-36(25-23-33)51-43-20-9-6-17-39(43)48-46(51)28-29-47-49(48)40-18-7-10-21-44(40)52(47)37-26-27-45-41(31-37)38-16-5-8-19-42(38)50(45)35-14-3-2-4-15-35/h2-31H,1H3/i2D,3D,4D,6D,7D,8D,9D,10D,11D,12D,13D,14D,15D,16D,17D,18D,19D,20D,21D,22D,23D,24D,25D,26D,27D,28D,29D,30D,31D. The number of para-hydroxylation sites is 4. The Morgan fingerprint density at radius 2 is 0.885 bits per heavy atom. The van der Waals surface area contributed by atoms with Gasteiger partial charge in [0.2, 0.25) is 0 Å². The Hall–Kier alpha value is -6.84. The number of fused-ring (bicyclic) bond motifs is 10. The van der Waals surface area contributed by atoms with Gasteiger partial charge in [0.25, 0.3) is 0 Å². The first-order valence-electron chi connectivity index (χ1n) is 30.1. The molecule has 0 amide bonds. The molecule has 0 aliphatic heterocycles. The predicted octanol–water partition coefficient (Wildman–Crippen LogP) is 13.0. The number of nitrogens with zero attached hydrogens (tertiary/aromatic N) is 3. The molecule has 0 spiro atoms. The zero-order chi connectivity index (χ0) is 59.6. The molecule has 0 bridgehead atoms. The van der Waals surface area contributed by atoms with Gasteiger partial charge in [0.15, 0.2) is 0 Å². The summed E-state index contributed by atoms with van der Waals surface area (Å²) in [5.74, 6) is 0. The monoisotopic (exact) mass is 692 g/mol. The average molecular weight is 693 g/mol. The maximum absolute atomic E-state index is 10.1. The lowest BCUT2D eigenvalue weighted by atomic mass is 10.0. The van der Waals surface area contributed by atoms with E-state index in [1.807, 2.05) is 0 Å². The van der Waals surface area contributed by atoms with Crippen LogP contribution in [0.2, 0.25) is 0 Å². The summed E-state index contributed by atoms with van der Waals surface area (Å²) in [6.45, 7) is 1.29. The van der Waals surface area contributed by atoms with E-state index in [-0.39, 0.29) is 5.56 Å². The minimum Gasteiger partial charge on any atom is -0.309 e. The Kier molecular flexibility index (Phi) is 2.65. The van der Waals surface area contributed by atoms with E-state index < -0.39 is 269 Å². The SMILES string of the molecule is [2H]c1cc([2H])c2c3c([2H])c(-n4c5c([2H])c([2H])c([2H])c([2H])c5c5c6c7c([2H])c([2H])c([2H])c([2H])c7n(-c7c([2H])c([2H])c(-c8c([2H])c([2H])c([2H])c(C)c8[2H])c([2H])c7[2H])c6c([2H])c([2H])c54)c([2H])c([2H])c3n(-c3c([2H])c([2H])c([2H])c([2H])c3[2H])c2c1[2H]. The van der Waals surface area contributed by atoms with Crippen molar-refractivity contribution in [2.45, 2.75) is 6.92 Å². The van der Waals surface area contributed by atoms with Gasteiger partial charge in [-0.1, -0.05) is 114 Å². The van der Waals surface area contributed by atoms with Crippen molar-refractivity contribution < 1.29 is 39.8 Å². The number of rotatable bonds is 4. The molecule has 0 N–H and O–H groups in total. The van der Waals surface area contributed by atoms with Crippen LogP contribution in [0.3, 0.4) is 0 Å². The molecule has 0 unspecified atom stereocenters. The number of benzene rings is 8. The van der Waals surface area contributed by atoms with Crippen molar-refractivity contribution in [3.8, 4) is 28.2 Å². The Morgan fingerprint density at radius 3 is 1.62 bits per heavy atom. The molecule has 3 aromatic heterocycles. The first-order valence-corrected chi connectivity index (χ1v) is 15.6. The third-order valence-corrected chi connectivity index (χ3v) is 8.71. The molecule has 0 saturated carbocycles. The Morgan fingerprint density at radius 1 is 0.346 bits per heavy atom. The van der Waals surface area contributed by atoms with Gasteiger partial charge < -0.3 is 13.7 Å². The van der Waals surface area contributed by atoms with Crippen LogP contribution in [0.1, 0.15) is 45.3 Å². The molecular weight excluding hydrogens is 631 g/mol. The van der Waals surface area contributed by atoms with Gasteiger partial charge in [-0.05, 0) is 90.6 Å². The highest BCUT2D eigenvalue weighted by Crippen LogP contribution is 2.43. The van der Waals surface area contributed by atoms with Gasteiger partial charge in [0.1, 0.15) is 0 Å². The third kappa shape index (κ3) is 4.14. The van der Waals surface area contributed by atoms with Gasteiger partial charge in [0.05, 0.1) is 72.9 Å². The molecular formula is C49H33N3. The second-order valence-electron chi connectivity index (χ2n) is 11.6. The van der Waals surface area contributed by atoms with Crippen molar-refractivity contribution in [1.82, 2.24) is 13.7 Å². The van der Waals surface area contributed by atoms with Gasteiger partial charge in [-0.25, -0.2) is 0 Å². The maximum Gasteiger partial charge on any atom is 0.0652 e. The van der Waals surface area contributed by atoms with Crippen LogP contribution >= 0.6 is 0 Å². The normalized spacial score (nSPS) is 19.8. The van der Waals surface area contributed by atoms with E-state index in [1.165, 1.54) is 6.92 Å². The predicted molar refractivity (Wildman–Crippen MR) is 220 cm³/mol. The van der Waals surface area contributed by atoms with Crippen LogP contribution in [0.4, 0.5) is 0 Å². The summed E-state index contributed by atoms with van der Waals surface area (Å²) < 4.78 is 266. The fourth-order valence-electron chi connectivity index (χ4n) is 6.63. The van der Waals surface area contributed by atoms with Crippen LogP contribution in [0.15, 0.2) is 181 Å². The molecule has 3 nitrogen and oxygen atoms in total. The topological polar surface area (TPSA) is 14.8 Å². The maximum atomic E-state index is 10.1. The van der Waals surface area contributed by atoms with Gasteiger partial charge in [-0.3, -0.25) is 0 Å². The van der Waals surface area contributed by atoms with E-state index in [1.54, 1.807) is 0 Å². The van der Waals surface area contributed by atoms with Crippen molar-refractivity contribution in [3.05, 3.63) is 187 Å². The average Bonchev–Trinajstić information content (AvgIpc) is 4.19. The lowest BCUT2D eigenvalue weighted by Gasteiger charge is -2.11. The number of aromatic nitrogens is 3. The summed E-state index contributed by atoms with van der Waals surface area (Å²) in [6.07, 6.45) is 0. The molecule has 11 aromatic rings. The van der Waals surface area contributed by atoms with Crippen molar-refractivity contribution in [1.29, 1.82) is 0 Å². The fraction of sp³-hybridized carbons (Fsp3) is 0.0204. The smallest absolute Gasteiger partial charge is 0.0652 e.